The summed E-state index contributed by atoms with van der Waals surface area (Å²) in [6.45, 7) is 2.75. The summed E-state index contributed by atoms with van der Waals surface area (Å²) in [5.41, 5.74) is 1.74. The van der Waals surface area contributed by atoms with E-state index in [4.69, 9.17) is 4.42 Å². The molecule has 0 spiro atoms. The molecule has 3 rings (SSSR count). The summed E-state index contributed by atoms with van der Waals surface area (Å²) >= 11 is 0. The normalized spacial score (nSPS) is 18.2. The standard InChI is InChI=1S/C18H24N4O3/c1-19-18(24)21-16(23)9-5-11-22-10-4-6-13(12-22)17-20-14-7-2-3-8-15(14)25-17/h2-3,7-8,13H,4-6,9-12H2,1H3,(H2,19,21,23,24). The molecule has 3 amide bonds. The van der Waals surface area contributed by atoms with Gasteiger partial charge in [0.15, 0.2) is 11.5 Å². The van der Waals surface area contributed by atoms with E-state index in [1.165, 1.54) is 7.05 Å². The summed E-state index contributed by atoms with van der Waals surface area (Å²) in [5, 5.41) is 4.66. The lowest BCUT2D eigenvalue weighted by Gasteiger charge is -2.31. The van der Waals surface area contributed by atoms with Gasteiger partial charge in [-0.15, -0.1) is 0 Å². The van der Waals surface area contributed by atoms with Crippen LogP contribution < -0.4 is 10.6 Å². The van der Waals surface area contributed by atoms with Gasteiger partial charge in [0.1, 0.15) is 5.52 Å². The van der Waals surface area contributed by atoms with Crippen molar-refractivity contribution < 1.29 is 14.0 Å². The third-order valence-electron chi connectivity index (χ3n) is 4.52. The van der Waals surface area contributed by atoms with Crippen molar-refractivity contribution in [2.45, 2.75) is 31.6 Å². The number of fused-ring (bicyclic) bond motifs is 1. The van der Waals surface area contributed by atoms with Crippen LogP contribution in [0.2, 0.25) is 0 Å². The van der Waals surface area contributed by atoms with Crippen molar-refractivity contribution >= 4 is 23.0 Å². The number of piperidine rings is 1. The van der Waals surface area contributed by atoms with Gasteiger partial charge >= 0.3 is 6.03 Å². The van der Waals surface area contributed by atoms with Crippen LogP contribution in [-0.4, -0.2) is 48.5 Å². The maximum absolute atomic E-state index is 11.6. The molecule has 0 radical (unpaired) electrons. The Morgan fingerprint density at radius 1 is 1.36 bits per heavy atom. The zero-order chi connectivity index (χ0) is 17.6. The van der Waals surface area contributed by atoms with Crippen molar-refractivity contribution in [2.24, 2.45) is 0 Å². The van der Waals surface area contributed by atoms with E-state index in [0.29, 0.717) is 12.3 Å². The summed E-state index contributed by atoms with van der Waals surface area (Å²) in [7, 11) is 1.49. The second kappa shape index (κ2) is 8.11. The largest absolute Gasteiger partial charge is 0.440 e. The van der Waals surface area contributed by atoms with E-state index in [1.807, 2.05) is 24.3 Å². The van der Waals surface area contributed by atoms with Crippen LogP contribution >= 0.6 is 0 Å². The van der Waals surface area contributed by atoms with Gasteiger partial charge in [0, 0.05) is 25.9 Å². The van der Waals surface area contributed by atoms with Crippen molar-refractivity contribution in [2.75, 3.05) is 26.7 Å². The van der Waals surface area contributed by atoms with Gasteiger partial charge in [0.2, 0.25) is 5.91 Å². The van der Waals surface area contributed by atoms with E-state index in [0.717, 1.165) is 55.9 Å². The number of hydrogen-bond acceptors (Lipinski definition) is 5. The van der Waals surface area contributed by atoms with Crippen LogP contribution in [-0.2, 0) is 4.79 Å². The highest BCUT2D eigenvalue weighted by molar-refractivity contribution is 5.94. The van der Waals surface area contributed by atoms with Crippen molar-refractivity contribution in [3.63, 3.8) is 0 Å². The molecular weight excluding hydrogens is 320 g/mol. The fraction of sp³-hybridized carbons (Fsp3) is 0.500. The molecule has 134 valence electrons. The van der Waals surface area contributed by atoms with Gasteiger partial charge in [-0.25, -0.2) is 9.78 Å². The second-order valence-electron chi connectivity index (χ2n) is 6.39. The number of benzene rings is 1. The van der Waals surface area contributed by atoms with E-state index in [9.17, 15) is 9.59 Å². The molecule has 1 atom stereocenters. The number of rotatable bonds is 5. The second-order valence-corrected chi connectivity index (χ2v) is 6.39. The molecule has 1 aliphatic heterocycles. The third-order valence-corrected chi connectivity index (χ3v) is 4.52. The van der Waals surface area contributed by atoms with Crippen LogP contribution in [0.3, 0.4) is 0 Å². The lowest BCUT2D eigenvalue weighted by Crippen LogP contribution is -2.38. The molecule has 0 aliphatic carbocycles. The van der Waals surface area contributed by atoms with Crippen molar-refractivity contribution in [1.82, 2.24) is 20.5 Å². The number of carbonyl (C=O) groups is 2. The molecule has 7 nitrogen and oxygen atoms in total. The topological polar surface area (TPSA) is 87.5 Å². The fourth-order valence-corrected chi connectivity index (χ4v) is 3.24. The Hall–Kier alpha value is -2.41. The number of likely N-dealkylation sites (tertiary alicyclic amines) is 1. The number of oxazole rings is 1. The molecule has 1 saturated heterocycles. The number of imide groups is 1. The van der Waals surface area contributed by atoms with Crippen molar-refractivity contribution in [3.05, 3.63) is 30.2 Å². The maximum atomic E-state index is 11.6. The molecule has 1 unspecified atom stereocenters. The highest BCUT2D eigenvalue weighted by Gasteiger charge is 2.25. The summed E-state index contributed by atoms with van der Waals surface area (Å²) in [4.78, 5) is 29.7. The Balaban J connectivity index is 1.49. The first kappa shape index (κ1) is 17.4. The molecule has 2 aromatic rings. The van der Waals surface area contributed by atoms with Crippen LogP contribution in [0, 0.1) is 0 Å². The summed E-state index contributed by atoms with van der Waals surface area (Å²) in [5.74, 6) is 0.857. The van der Waals surface area contributed by atoms with E-state index in [-0.39, 0.29) is 5.91 Å². The van der Waals surface area contributed by atoms with Crippen LogP contribution in [0.15, 0.2) is 28.7 Å². The number of hydrogen-bond donors (Lipinski definition) is 2. The quantitative estimate of drug-likeness (QED) is 0.868. The minimum atomic E-state index is -0.459. The number of carbonyl (C=O) groups excluding carboxylic acids is 2. The zero-order valence-electron chi connectivity index (χ0n) is 14.5. The molecule has 7 heteroatoms. The molecule has 2 heterocycles. The predicted octanol–water partition coefficient (Wildman–Crippen LogP) is 2.24. The van der Waals surface area contributed by atoms with Crippen LogP contribution in [0.1, 0.15) is 37.5 Å². The molecule has 0 bridgehead atoms. The average molecular weight is 344 g/mol. The molecule has 2 N–H and O–H groups in total. The van der Waals surface area contributed by atoms with Gasteiger partial charge in [0.25, 0.3) is 0 Å². The molecule has 0 saturated carbocycles. The van der Waals surface area contributed by atoms with Gasteiger partial charge in [-0.2, -0.15) is 0 Å². The van der Waals surface area contributed by atoms with E-state index in [1.54, 1.807) is 0 Å². The molecular formula is C18H24N4O3. The van der Waals surface area contributed by atoms with Gasteiger partial charge in [-0.3, -0.25) is 10.1 Å². The number of nitrogens with one attached hydrogen (secondary N) is 2. The Bertz CT molecular complexity index is 710. The van der Waals surface area contributed by atoms with Gasteiger partial charge in [-0.05, 0) is 44.5 Å². The Morgan fingerprint density at radius 2 is 2.20 bits per heavy atom. The smallest absolute Gasteiger partial charge is 0.321 e. The fourth-order valence-electron chi connectivity index (χ4n) is 3.24. The first-order chi connectivity index (χ1) is 12.2. The number of urea groups is 1. The Kier molecular flexibility index (Phi) is 5.65. The predicted molar refractivity (Wildman–Crippen MR) is 94.3 cm³/mol. The van der Waals surface area contributed by atoms with E-state index >= 15 is 0 Å². The highest BCUT2D eigenvalue weighted by Crippen LogP contribution is 2.28. The number of para-hydroxylation sites is 2. The van der Waals surface area contributed by atoms with Gasteiger partial charge in [-0.1, -0.05) is 12.1 Å². The maximum Gasteiger partial charge on any atom is 0.321 e. The highest BCUT2D eigenvalue weighted by atomic mass is 16.3. The van der Waals surface area contributed by atoms with E-state index < -0.39 is 6.03 Å². The minimum Gasteiger partial charge on any atom is -0.440 e. The molecule has 1 aliphatic rings. The number of amides is 3. The monoisotopic (exact) mass is 344 g/mol. The molecule has 1 fully saturated rings. The minimum absolute atomic E-state index is 0.244. The van der Waals surface area contributed by atoms with Crippen LogP contribution in [0.4, 0.5) is 4.79 Å². The third kappa shape index (κ3) is 4.57. The van der Waals surface area contributed by atoms with Gasteiger partial charge < -0.3 is 14.6 Å². The Morgan fingerprint density at radius 3 is 3.00 bits per heavy atom. The average Bonchev–Trinajstić information content (AvgIpc) is 3.06. The SMILES string of the molecule is CNC(=O)NC(=O)CCCN1CCCC(c2nc3ccccc3o2)C1. The lowest BCUT2D eigenvalue weighted by molar-refractivity contribution is -0.120. The molecule has 1 aromatic heterocycles. The zero-order valence-corrected chi connectivity index (χ0v) is 14.5. The van der Waals surface area contributed by atoms with Crippen molar-refractivity contribution in [1.29, 1.82) is 0 Å². The number of nitrogens with zero attached hydrogens (tertiary/aromatic N) is 2. The lowest BCUT2D eigenvalue weighted by atomic mass is 9.98. The van der Waals surface area contributed by atoms with Gasteiger partial charge in [0.05, 0.1) is 0 Å². The summed E-state index contributed by atoms with van der Waals surface area (Å²) in [6.07, 6.45) is 3.23. The van der Waals surface area contributed by atoms with Crippen molar-refractivity contribution in [3.8, 4) is 0 Å². The van der Waals surface area contributed by atoms with E-state index in [2.05, 4.69) is 20.5 Å². The summed E-state index contributed by atoms with van der Waals surface area (Å²) in [6, 6.07) is 7.37. The van der Waals surface area contributed by atoms with Crippen LogP contribution in [0.5, 0.6) is 0 Å². The summed E-state index contributed by atoms with van der Waals surface area (Å²) < 4.78 is 5.91. The molecule has 1 aromatic carbocycles. The number of aromatic nitrogens is 1. The van der Waals surface area contributed by atoms with Crippen LogP contribution in [0.25, 0.3) is 11.1 Å². The molecule has 25 heavy (non-hydrogen) atoms. The first-order valence-electron chi connectivity index (χ1n) is 8.75. The Labute approximate surface area is 146 Å². The first-order valence-corrected chi connectivity index (χ1v) is 8.75.